The molecule has 11 rings (SSSR count). The first-order valence-corrected chi connectivity index (χ1v) is 17.3. The van der Waals surface area contributed by atoms with E-state index in [-0.39, 0.29) is 6.17 Å². The van der Waals surface area contributed by atoms with Gasteiger partial charge in [0.25, 0.3) is 0 Å². The maximum atomic E-state index is 6.81. The van der Waals surface area contributed by atoms with E-state index in [1.165, 1.54) is 41.7 Å². The van der Waals surface area contributed by atoms with Gasteiger partial charge in [0.05, 0.1) is 16.4 Å². The highest BCUT2D eigenvalue weighted by Crippen LogP contribution is 2.49. The molecule has 1 N–H and O–H groups in total. The number of hydrogen-bond acceptors (Lipinski definition) is 5. The average molecular weight is 647 g/mol. The monoisotopic (exact) mass is 646 g/mol. The zero-order valence-corrected chi connectivity index (χ0v) is 26.9. The molecule has 230 valence electrons. The number of rotatable bonds is 2. The summed E-state index contributed by atoms with van der Waals surface area (Å²) >= 11 is 1.83. The quantitative estimate of drug-likeness (QED) is 0.203. The number of furan rings is 1. The highest BCUT2D eigenvalue weighted by molar-refractivity contribution is 7.27. The van der Waals surface area contributed by atoms with Crippen LogP contribution in [0.2, 0.25) is 0 Å². The zero-order valence-electron chi connectivity index (χ0n) is 26.1. The molecule has 49 heavy (non-hydrogen) atoms. The van der Waals surface area contributed by atoms with Gasteiger partial charge >= 0.3 is 0 Å². The van der Waals surface area contributed by atoms with Crippen LogP contribution in [-0.4, -0.2) is 16.4 Å². The second-order valence-electron chi connectivity index (χ2n) is 12.6. The number of nitrogens with zero attached hydrogens (tertiary/aromatic N) is 3. The topological polar surface area (TPSA) is 54.8 Å². The summed E-state index contributed by atoms with van der Waals surface area (Å²) in [6.45, 7) is 0. The molecular formula is C43H26N4OS. The molecule has 5 nitrogen and oxygen atoms in total. The van der Waals surface area contributed by atoms with E-state index in [4.69, 9.17) is 14.4 Å². The van der Waals surface area contributed by atoms with E-state index in [9.17, 15) is 0 Å². The minimum Gasteiger partial charge on any atom is -0.455 e. The van der Waals surface area contributed by atoms with Crippen LogP contribution in [0, 0.1) is 0 Å². The van der Waals surface area contributed by atoms with Crippen LogP contribution in [-0.2, 0) is 0 Å². The summed E-state index contributed by atoms with van der Waals surface area (Å²) in [6.07, 6.45) is -0.354. The molecule has 1 aliphatic rings. The Morgan fingerprint density at radius 2 is 1.37 bits per heavy atom. The van der Waals surface area contributed by atoms with Crippen molar-refractivity contribution in [3.8, 4) is 0 Å². The maximum Gasteiger partial charge on any atom is 0.211 e. The first kappa shape index (κ1) is 26.8. The molecule has 4 heterocycles. The predicted octanol–water partition coefficient (Wildman–Crippen LogP) is 11.2. The third kappa shape index (κ3) is 3.86. The van der Waals surface area contributed by atoms with Crippen molar-refractivity contribution in [2.45, 2.75) is 6.17 Å². The molecule has 0 amide bonds. The van der Waals surface area contributed by atoms with Crippen molar-refractivity contribution in [1.29, 1.82) is 0 Å². The molecule has 0 radical (unpaired) electrons. The van der Waals surface area contributed by atoms with Gasteiger partial charge in [-0.25, -0.2) is 4.99 Å². The number of aromatic nitrogens is 1. The number of amidine groups is 1. The molecule has 1 aliphatic heterocycles. The largest absolute Gasteiger partial charge is 0.455 e. The van der Waals surface area contributed by atoms with Gasteiger partial charge in [-0.3, -0.25) is 4.57 Å². The van der Waals surface area contributed by atoms with Crippen LogP contribution in [0.1, 0.15) is 17.3 Å². The molecule has 3 aromatic heterocycles. The molecule has 0 bridgehead atoms. The molecule has 0 aliphatic carbocycles. The Morgan fingerprint density at radius 3 is 2.27 bits per heavy atom. The Balaban J connectivity index is 1.27. The fourth-order valence-corrected chi connectivity index (χ4v) is 8.90. The Bertz CT molecular complexity index is 3010. The molecule has 0 fully saturated rings. The Labute approximate surface area is 284 Å². The lowest BCUT2D eigenvalue weighted by atomic mass is 10.0. The lowest BCUT2D eigenvalue weighted by Gasteiger charge is -2.25. The predicted molar refractivity (Wildman–Crippen MR) is 205 cm³/mol. The number of para-hydroxylation sites is 2. The molecule has 1 atom stereocenters. The highest BCUT2D eigenvalue weighted by Gasteiger charge is 2.29. The third-order valence-electron chi connectivity index (χ3n) is 9.82. The van der Waals surface area contributed by atoms with Gasteiger partial charge in [-0.2, -0.15) is 4.99 Å². The summed E-state index contributed by atoms with van der Waals surface area (Å²) in [6, 6.07) is 51.0. The van der Waals surface area contributed by atoms with Gasteiger partial charge in [0, 0.05) is 41.9 Å². The molecule has 0 saturated carbocycles. The van der Waals surface area contributed by atoms with Crippen LogP contribution in [0.4, 0.5) is 0 Å². The fraction of sp³-hybridized carbons (Fsp3) is 0.0233. The average Bonchev–Trinajstić information content (AvgIpc) is 3.84. The van der Waals surface area contributed by atoms with Crippen LogP contribution in [0.15, 0.2) is 160 Å². The van der Waals surface area contributed by atoms with Gasteiger partial charge in [-0.1, -0.05) is 121 Å². The van der Waals surface area contributed by atoms with E-state index < -0.39 is 0 Å². The number of fused-ring (bicyclic) bond motifs is 13. The van der Waals surface area contributed by atoms with E-state index in [1.807, 2.05) is 35.6 Å². The van der Waals surface area contributed by atoms with Crippen LogP contribution in [0.5, 0.6) is 0 Å². The molecule has 0 spiro atoms. The van der Waals surface area contributed by atoms with Gasteiger partial charge in [-0.15, -0.1) is 11.3 Å². The van der Waals surface area contributed by atoms with Crippen LogP contribution < -0.4 is 5.32 Å². The number of nitrogens with one attached hydrogen (secondary N) is 1. The number of hydrogen-bond donors (Lipinski definition) is 1. The van der Waals surface area contributed by atoms with E-state index >= 15 is 0 Å². The number of thiophene rings is 1. The summed E-state index contributed by atoms with van der Waals surface area (Å²) in [4.78, 5) is 10.5. The lowest BCUT2D eigenvalue weighted by Crippen LogP contribution is -2.37. The van der Waals surface area contributed by atoms with Gasteiger partial charge in [-0.05, 0) is 40.6 Å². The number of aliphatic imine (C=N–C) groups is 2. The summed E-state index contributed by atoms with van der Waals surface area (Å²) < 4.78 is 11.6. The standard InChI is InChI=1S/C43H26N4OS/c1-2-13-26(14-3-1)41-44-42(28-23-22-25-12-4-5-15-27(25)24-28)46-43(45-41)47-32-19-9-6-16-29(32)36-38(47)35-30-17-7-10-20-33(30)48-39(35)37-31-18-8-11-21-34(31)49-40(36)37/h1-24,42H,(H,44,45,46). The van der Waals surface area contributed by atoms with Crippen LogP contribution in [0.25, 0.3) is 74.7 Å². The second-order valence-corrected chi connectivity index (χ2v) is 13.6. The first-order valence-electron chi connectivity index (χ1n) is 16.5. The summed E-state index contributed by atoms with van der Waals surface area (Å²) in [5.74, 6) is 1.42. The van der Waals surface area contributed by atoms with Crippen molar-refractivity contribution in [3.63, 3.8) is 0 Å². The molecule has 0 saturated heterocycles. The van der Waals surface area contributed by atoms with E-state index in [0.717, 1.165) is 50.1 Å². The van der Waals surface area contributed by atoms with Crippen molar-refractivity contribution < 1.29 is 4.42 Å². The van der Waals surface area contributed by atoms with Crippen LogP contribution >= 0.6 is 11.3 Å². The van der Waals surface area contributed by atoms with Crippen molar-refractivity contribution in [2.24, 2.45) is 9.98 Å². The minimum atomic E-state index is -0.354. The first-order chi connectivity index (χ1) is 24.3. The second kappa shape index (κ2) is 10.1. The SMILES string of the molecule is c1ccc(C2=NC(c3ccc4ccccc4c3)NC(n3c4ccccc4c4c5sc6ccccc6c5c5oc6ccccc6c5c43)=N2)cc1. The summed E-state index contributed by atoms with van der Waals surface area (Å²) in [5, 5.41) is 13.1. The Kier molecular flexibility index (Phi) is 5.54. The van der Waals surface area contributed by atoms with E-state index in [1.54, 1.807) is 0 Å². The summed E-state index contributed by atoms with van der Waals surface area (Å²) in [5.41, 5.74) is 5.98. The van der Waals surface area contributed by atoms with Gasteiger partial charge in [0.2, 0.25) is 5.96 Å². The minimum absolute atomic E-state index is 0.354. The Morgan fingerprint density at radius 1 is 0.633 bits per heavy atom. The zero-order chi connectivity index (χ0) is 32.1. The lowest BCUT2D eigenvalue weighted by molar-refractivity contribution is 0.662. The summed E-state index contributed by atoms with van der Waals surface area (Å²) in [7, 11) is 0. The van der Waals surface area contributed by atoms with Gasteiger partial charge in [0.15, 0.2) is 5.84 Å². The molecular weight excluding hydrogens is 621 g/mol. The molecule has 6 heteroatoms. The Hall–Kier alpha value is -6.24. The van der Waals surface area contributed by atoms with Gasteiger partial charge < -0.3 is 9.73 Å². The smallest absolute Gasteiger partial charge is 0.211 e. The van der Waals surface area contributed by atoms with E-state index in [0.29, 0.717) is 5.84 Å². The molecule has 10 aromatic rings. The van der Waals surface area contributed by atoms with Crippen molar-refractivity contribution in [1.82, 2.24) is 9.88 Å². The third-order valence-corrected chi connectivity index (χ3v) is 11.0. The van der Waals surface area contributed by atoms with Crippen molar-refractivity contribution >= 4 is 97.8 Å². The van der Waals surface area contributed by atoms with Crippen molar-refractivity contribution in [2.75, 3.05) is 0 Å². The maximum absolute atomic E-state index is 6.81. The van der Waals surface area contributed by atoms with Crippen molar-refractivity contribution in [3.05, 3.63) is 157 Å². The van der Waals surface area contributed by atoms with E-state index in [2.05, 4.69) is 131 Å². The van der Waals surface area contributed by atoms with Crippen LogP contribution in [0.3, 0.4) is 0 Å². The normalized spacial score (nSPS) is 15.1. The highest BCUT2D eigenvalue weighted by atomic mass is 32.1. The molecule has 7 aromatic carbocycles. The fourth-order valence-electron chi connectivity index (χ4n) is 7.64. The molecule has 1 unspecified atom stereocenters. The van der Waals surface area contributed by atoms with Gasteiger partial charge in [0.1, 0.15) is 17.3 Å². The number of benzene rings is 7.